The molecule has 210 valence electrons. The molecule has 2 atom stereocenters. The van der Waals surface area contributed by atoms with Crippen LogP contribution >= 0.6 is 0 Å². The lowest BCUT2D eigenvalue weighted by Gasteiger charge is -2.38. The third-order valence-electron chi connectivity index (χ3n) is 6.15. The highest BCUT2D eigenvalue weighted by molar-refractivity contribution is 5.96. The lowest BCUT2D eigenvalue weighted by molar-refractivity contribution is -0.118. The summed E-state index contributed by atoms with van der Waals surface area (Å²) in [4.78, 5) is 43.5. The second-order valence-corrected chi connectivity index (χ2v) is 9.13. The molecule has 0 radical (unpaired) electrons. The Kier molecular flexibility index (Phi) is 9.23. The molecule has 12 heteroatoms. The first kappa shape index (κ1) is 28.4. The molecule has 40 heavy (non-hydrogen) atoms. The standard InChI is InChI=1S/C28H29F2N5O5/c1-39-16-22(35-18-28(29,30)17-32-26(35)37)21-12-13-31-23(14-21)33-25(36)24(20-10-6-3-7-11-20)34-27(38)40-15-19-8-4-2-5-9-19/h2-14,22,24H,15-18H2,1H3,(H,32,37)(H,34,38)(H,31,33,36)/t22-,24+/m1/s1. The molecule has 1 aromatic heterocycles. The number of ether oxygens (including phenoxy) is 2. The van der Waals surface area contributed by atoms with Gasteiger partial charge in [-0.05, 0) is 28.8 Å². The Morgan fingerprint density at radius 3 is 2.48 bits per heavy atom. The van der Waals surface area contributed by atoms with Crippen molar-refractivity contribution < 1.29 is 32.6 Å². The molecular formula is C28H29F2N5O5. The number of urea groups is 1. The van der Waals surface area contributed by atoms with E-state index in [-0.39, 0.29) is 19.0 Å². The minimum absolute atomic E-state index is 0.0173. The Morgan fingerprint density at radius 2 is 1.77 bits per heavy atom. The number of hydrogen-bond donors (Lipinski definition) is 3. The summed E-state index contributed by atoms with van der Waals surface area (Å²) in [5, 5.41) is 7.44. The van der Waals surface area contributed by atoms with E-state index in [1.807, 2.05) is 18.2 Å². The molecule has 2 heterocycles. The van der Waals surface area contributed by atoms with Gasteiger partial charge in [-0.2, -0.15) is 0 Å². The highest BCUT2D eigenvalue weighted by atomic mass is 19.3. The highest BCUT2D eigenvalue weighted by Crippen LogP contribution is 2.29. The van der Waals surface area contributed by atoms with Crippen LogP contribution in [0.15, 0.2) is 79.0 Å². The molecule has 3 aromatic rings. The maximum Gasteiger partial charge on any atom is 0.408 e. The van der Waals surface area contributed by atoms with Crippen molar-refractivity contribution >= 4 is 23.8 Å². The Balaban J connectivity index is 1.50. The van der Waals surface area contributed by atoms with Gasteiger partial charge in [-0.3, -0.25) is 4.79 Å². The predicted octanol–water partition coefficient (Wildman–Crippen LogP) is 4.04. The molecular weight excluding hydrogens is 524 g/mol. The molecule has 0 saturated carbocycles. The average molecular weight is 554 g/mol. The number of nitrogens with zero attached hydrogens (tertiary/aromatic N) is 2. The van der Waals surface area contributed by atoms with Crippen LogP contribution in [0.1, 0.15) is 28.8 Å². The second kappa shape index (κ2) is 13.0. The van der Waals surface area contributed by atoms with Gasteiger partial charge in [0.05, 0.1) is 25.7 Å². The quantitative estimate of drug-likeness (QED) is 0.349. The predicted molar refractivity (Wildman–Crippen MR) is 141 cm³/mol. The highest BCUT2D eigenvalue weighted by Gasteiger charge is 2.42. The first-order valence-corrected chi connectivity index (χ1v) is 12.5. The second-order valence-electron chi connectivity index (χ2n) is 9.13. The molecule has 1 aliphatic heterocycles. The van der Waals surface area contributed by atoms with Gasteiger partial charge >= 0.3 is 12.1 Å². The Morgan fingerprint density at radius 1 is 1.07 bits per heavy atom. The number of carbonyl (C=O) groups excluding carboxylic acids is 3. The molecule has 3 N–H and O–H groups in total. The fourth-order valence-electron chi connectivity index (χ4n) is 4.21. The summed E-state index contributed by atoms with van der Waals surface area (Å²) in [6.45, 7) is -1.59. The molecule has 1 aliphatic rings. The number of rotatable bonds is 10. The van der Waals surface area contributed by atoms with E-state index >= 15 is 0 Å². The number of methoxy groups -OCH3 is 1. The van der Waals surface area contributed by atoms with E-state index in [0.717, 1.165) is 10.5 Å². The molecule has 10 nitrogen and oxygen atoms in total. The number of carbonyl (C=O) groups is 3. The lowest BCUT2D eigenvalue weighted by atomic mass is 10.0. The van der Waals surface area contributed by atoms with Crippen molar-refractivity contribution in [3.05, 3.63) is 95.7 Å². The Hall–Kier alpha value is -4.58. The Bertz CT molecular complexity index is 1310. The molecule has 0 aliphatic carbocycles. The average Bonchev–Trinajstić information content (AvgIpc) is 2.96. The number of nitrogens with one attached hydrogen (secondary N) is 3. The van der Waals surface area contributed by atoms with Crippen molar-refractivity contribution in [1.82, 2.24) is 20.5 Å². The molecule has 4 rings (SSSR count). The third kappa shape index (κ3) is 7.50. The summed E-state index contributed by atoms with van der Waals surface area (Å²) in [6.07, 6.45) is 0.582. The van der Waals surface area contributed by atoms with Crippen LogP contribution in [0.5, 0.6) is 0 Å². The van der Waals surface area contributed by atoms with Crippen molar-refractivity contribution in [2.24, 2.45) is 0 Å². The van der Waals surface area contributed by atoms with Crippen LogP contribution in [-0.2, 0) is 20.9 Å². The van der Waals surface area contributed by atoms with E-state index in [1.54, 1.807) is 48.5 Å². The van der Waals surface area contributed by atoms with Crippen molar-refractivity contribution in [3.8, 4) is 0 Å². The summed E-state index contributed by atoms with van der Waals surface area (Å²) in [7, 11) is 1.39. The van der Waals surface area contributed by atoms with Gasteiger partial charge in [0.1, 0.15) is 18.5 Å². The van der Waals surface area contributed by atoms with Crippen molar-refractivity contribution in [2.75, 3.05) is 32.1 Å². The smallest absolute Gasteiger partial charge is 0.408 e. The summed E-state index contributed by atoms with van der Waals surface area (Å²) < 4.78 is 38.7. The fourth-order valence-corrected chi connectivity index (χ4v) is 4.21. The number of hydrogen-bond acceptors (Lipinski definition) is 6. The van der Waals surface area contributed by atoms with Crippen molar-refractivity contribution in [2.45, 2.75) is 24.6 Å². The van der Waals surface area contributed by atoms with Crippen LogP contribution in [0.3, 0.4) is 0 Å². The number of anilines is 1. The van der Waals surface area contributed by atoms with Crippen LogP contribution < -0.4 is 16.0 Å². The van der Waals surface area contributed by atoms with Crippen molar-refractivity contribution in [1.29, 1.82) is 0 Å². The lowest BCUT2D eigenvalue weighted by Crippen LogP contribution is -2.58. The van der Waals surface area contributed by atoms with Gasteiger partial charge in [-0.25, -0.2) is 23.4 Å². The van der Waals surface area contributed by atoms with Gasteiger partial charge in [0, 0.05) is 13.3 Å². The van der Waals surface area contributed by atoms with E-state index in [1.165, 1.54) is 19.4 Å². The zero-order chi connectivity index (χ0) is 28.5. The number of aromatic nitrogens is 1. The molecule has 0 unspecified atom stereocenters. The summed E-state index contributed by atoms with van der Waals surface area (Å²) in [6, 6.07) is 18.0. The summed E-state index contributed by atoms with van der Waals surface area (Å²) in [5.41, 5.74) is 1.70. The monoisotopic (exact) mass is 553 g/mol. The van der Waals surface area contributed by atoms with Gasteiger partial charge in [0.25, 0.3) is 11.8 Å². The summed E-state index contributed by atoms with van der Waals surface area (Å²) in [5.74, 6) is -3.64. The number of alkyl halides is 2. The summed E-state index contributed by atoms with van der Waals surface area (Å²) >= 11 is 0. The molecule has 4 amide bonds. The topological polar surface area (TPSA) is 122 Å². The third-order valence-corrected chi connectivity index (χ3v) is 6.15. The van der Waals surface area contributed by atoms with Crippen LogP contribution in [0.2, 0.25) is 0 Å². The minimum Gasteiger partial charge on any atom is -0.445 e. The van der Waals surface area contributed by atoms with Crippen molar-refractivity contribution in [3.63, 3.8) is 0 Å². The van der Waals surface area contributed by atoms with E-state index < -0.39 is 49.1 Å². The molecule has 1 fully saturated rings. The number of pyridine rings is 1. The van der Waals surface area contributed by atoms with Gasteiger partial charge in [0.15, 0.2) is 0 Å². The van der Waals surface area contributed by atoms with Crippen LogP contribution in [0.4, 0.5) is 24.2 Å². The number of alkyl carbamates (subject to hydrolysis) is 1. The number of benzene rings is 2. The van der Waals surface area contributed by atoms with Gasteiger partial charge < -0.3 is 30.3 Å². The molecule has 0 spiro atoms. The van der Waals surface area contributed by atoms with Crippen LogP contribution in [0.25, 0.3) is 0 Å². The van der Waals surface area contributed by atoms with E-state index in [2.05, 4.69) is 20.9 Å². The Labute approximate surface area is 229 Å². The normalized spacial score (nSPS) is 15.9. The first-order valence-electron chi connectivity index (χ1n) is 12.5. The van der Waals surface area contributed by atoms with Gasteiger partial charge in [-0.15, -0.1) is 0 Å². The first-order chi connectivity index (χ1) is 19.3. The fraction of sp³-hybridized carbons (Fsp3) is 0.286. The molecule has 1 saturated heterocycles. The maximum absolute atomic E-state index is 14.1. The van der Waals surface area contributed by atoms with Crippen LogP contribution in [0, 0.1) is 0 Å². The van der Waals surface area contributed by atoms with Gasteiger partial charge in [-0.1, -0.05) is 60.7 Å². The zero-order valence-corrected chi connectivity index (χ0v) is 21.7. The van der Waals surface area contributed by atoms with E-state index in [9.17, 15) is 23.2 Å². The van der Waals surface area contributed by atoms with Crippen LogP contribution in [-0.4, -0.2) is 60.6 Å². The molecule has 0 bridgehead atoms. The largest absolute Gasteiger partial charge is 0.445 e. The minimum atomic E-state index is -3.12. The maximum atomic E-state index is 14.1. The number of halogens is 2. The van der Waals surface area contributed by atoms with E-state index in [0.29, 0.717) is 11.1 Å². The molecule has 2 aromatic carbocycles. The zero-order valence-electron chi connectivity index (χ0n) is 21.7. The number of amides is 4. The van der Waals surface area contributed by atoms with Gasteiger partial charge in [0.2, 0.25) is 0 Å². The SMILES string of the molecule is COC[C@H](c1ccnc(NC(=O)[C@@H](NC(=O)OCc2ccccc2)c2ccccc2)c1)N1CC(F)(F)CNC1=O. The van der Waals surface area contributed by atoms with E-state index in [4.69, 9.17) is 9.47 Å².